The fourth-order valence-electron chi connectivity index (χ4n) is 3.70. The van der Waals surface area contributed by atoms with E-state index in [0.717, 1.165) is 33.9 Å². The maximum atomic E-state index is 13.4. The van der Waals surface area contributed by atoms with Gasteiger partial charge in [0.15, 0.2) is 16.7 Å². The number of benzene rings is 3. The van der Waals surface area contributed by atoms with Crippen molar-refractivity contribution in [2.24, 2.45) is 0 Å². The molecule has 0 N–H and O–H groups in total. The van der Waals surface area contributed by atoms with Crippen molar-refractivity contribution in [3.8, 4) is 17.2 Å². The van der Waals surface area contributed by atoms with Gasteiger partial charge in [-0.25, -0.2) is 4.98 Å². The lowest BCUT2D eigenvalue weighted by atomic mass is 10.1. The third kappa shape index (κ3) is 3.44. The highest BCUT2D eigenvalue weighted by Crippen LogP contribution is 2.34. The second kappa shape index (κ2) is 7.54. The molecular weight excluding hydrogens is 396 g/mol. The molecule has 0 bridgehead atoms. The molecule has 1 aromatic heterocycles. The van der Waals surface area contributed by atoms with Crippen LogP contribution in [0.5, 0.6) is 11.5 Å². The minimum absolute atomic E-state index is 0.0567. The van der Waals surface area contributed by atoms with Crippen LogP contribution in [-0.2, 0) is 5.75 Å². The highest BCUT2D eigenvalue weighted by molar-refractivity contribution is 7.98. The van der Waals surface area contributed by atoms with Gasteiger partial charge in [0.2, 0.25) is 6.79 Å². The van der Waals surface area contributed by atoms with Crippen LogP contribution < -0.4 is 15.0 Å². The normalized spacial score (nSPS) is 12.5. The van der Waals surface area contributed by atoms with Crippen LogP contribution in [-0.4, -0.2) is 16.3 Å². The van der Waals surface area contributed by atoms with Gasteiger partial charge < -0.3 is 9.47 Å². The monoisotopic (exact) mass is 416 g/mol. The molecule has 5 rings (SSSR count). The number of nitrogens with zero attached hydrogens (tertiary/aromatic N) is 2. The minimum Gasteiger partial charge on any atom is -0.454 e. The average Bonchev–Trinajstić information content (AvgIpc) is 3.19. The molecule has 4 aromatic rings. The summed E-state index contributed by atoms with van der Waals surface area (Å²) in [4.78, 5) is 18.2. The van der Waals surface area contributed by atoms with Crippen LogP contribution in [0.3, 0.4) is 0 Å². The van der Waals surface area contributed by atoms with E-state index in [1.165, 1.54) is 11.8 Å². The predicted molar refractivity (Wildman–Crippen MR) is 119 cm³/mol. The van der Waals surface area contributed by atoms with Crippen molar-refractivity contribution in [3.63, 3.8) is 0 Å². The smallest absolute Gasteiger partial charge is 0.266 e. The molecule has 6 heteroatoms. The van der Waals surface area contributed by atoms with Gasteiger partial charge in [-0.15, -0.1) is 0 Å². The zero-order valence-electron chi connectivity index (χ0n) is 16.7. The van der Waals surface area contributed by atoms with Crippen LogP contribution in [0.4, 0.5) is 0 Å². The van der Waals surface area contributed by atoms with Gasteiger partial charge in [-0.2, -0.15) is 0 Å². The summed E-state index contributed by atoms with van der Waals surface area (Å²) in [5, 5.41) is 1.28. The van der Waals surface area contributed by atoms with Gasteiger partial charge in [-0.1, -0.05) is 36.0 Å². The molecule has 150 valence electrons. The summed E-state index contributed by atoms with van der Waals surface area (Å²) in [5.41, 5.74) is 4.78. The summed E-state index contributed by atoms with van der Waals surface area (Å²) < 4.78 is 12.6. The molecule has 1 aliphatic heterocycles. The van der Waals surface area contributed by atoms with Crippen molar-refractivity contribution in [1.82, 2.24) is 9.55 Å². The summed E-state index contributed by atoms with van der Waals surface area (Å²) >= 11 is 1.54. The first kappa shape index (κ1) is 18.8. The van der Waals surface area contributed by atoms with E-state index < -0.39 is 0 Å². The van der Waals surface area contributed by atoms with Gasteiger partial charge in [0.25, 0.3) is 5.56 Å². The standard InChI is InChI=1S/C24H20N2O3S/c1-15-9-16(2)11-18(10-15)26-23(27)19-5-3-4-6-20(19)25-24(26)30-13-17-7-8-21-22(12-17)29-14-28-21/h3-12H,13-14H2,1-2H3. The van der Waals surface area contributed by atoms with E-state index in [1.54, 1.807) is 4.57 Å². The van der Waals surface area contributed by atoms with Crippen molar-refractivity contribution in [3.05, 3.63) is 87.7 Å². The number of fused-ring (bicyclic) bond motifs is 2. The molecule has 0 unspecified atom stereocenters. The van der Waals surface area contributed by atoms with Crippen LogP contribution in [0.25, 0.3) is 16.6 Å². The number of aromatic nitrogens is 2. The second-order valence-electron chi connectivity index (χ2n) is 7.37. The molecule has 0 fully saturated rings. The Kier molecular flexibility index (Phi) is 4.71. The van der Waals surface area contributed by atoms with Crippen LogP contribution in [0.15, 0.2) is 70.6 Å². The van der Waals surface area contributed by atoms with Gasteiger partial charge in [-0.05, 0) is 66.9 Å². The molecule has 0 aliphatic carbocycles. The van der Waals surface area contributed by atoms with E-state index in [-0.39, 0.29) is 12.4 Å². The Morgan fingerprint density at radius 3 is 2.57 bits per heavy atom. The number of para-hydroxylation sites is 1. The molecule has 1 aliphatic rings. The molecule has 30 heavy (non-hydrogen) atoms. The fraction of sp³-hybridized carbons (Fsp3) is 0.167. The summed E-state index contributed by atoms with van der Waals surface area (Å²) in [6.07, 6.45) is 0. The van der Waals surface area contributed by atoms with E-state index >= 15 is 0 Å². The van der Waals surface area contributed by atoms with E-state index in [9.17, 15) is 4.79 Å². The number of aryl methyl sites for hydroxylation is 2. The maximum Gasteiger partial charge on any atom is 0.266 e. The van der Waals surface area contributed by atoms with Gasteiger partial charge in [0, 0.05) is 5.75 Å². The van der Waals surface area contributed by atoms with Gasteiger partial charge in [0.05, 0.1) is 16.6 Å². The first-order chi connectivity index (χ1) is 14.6. The molecule has 0 saturated carbocycles. The highest BCUT2D eigenvalue weighted by Gasteiger charge is 2.16. The topological polar surface area (TPSA) is 53.4 Å². The molecule has 0 radical (unpaired) electrons. The molecule has 0 amide bonds. The van der Waals surface area contributed by atoms with Crippen molar-refractivity contribution in [2.45, 2.75) is 24.8 Å². The van der Waals surface area contributed by atoms with Crippen LogP contribution in [0, 0.1) is 13.8 Å². The molecule has 2 heterocycles. The lowest BCUT2D eigenvalue weighted by molar-refractivity contribution is 0.174. The molecule has 0 spiro atoms. The Labute approximate surface area is 178 Å². The number of rotatable bonds is 4. The van der Waals surface area contributed by atoms with Crippen LogP contribution in [0.2, 0.25) is 0 Å². The Balaban J connectivity index is 1.60. The number of hydrogen-bond acceptors (Lipinski definition) is 5. The zero-order chi connectivity index (χ0) is 20.7. The molecule has 3 aromatic carbocycles. The SMILES string of the molecule is Cc1cc(C)cc(-n2c(SCc3ccc4c(c3)OCO4)nc3ccccc3c2=O)c1. The number of hydrogen-bond donors (Lipinski definition) is 0. The van der Waals surface area contributed by atoms with Crippen molar-refractivity contribution in [2.75, 3.05) is 6.79 Å². The number of ether oxygens (including phenoxy) is 2. The molecule has 5 nitrogen and oxygen atoms in total. The van der Waals surface area contributed by atoms with E-state index in [4.69, 9.17) is 14.5 Å². The third-order valence-corrected chi connectivity index (χ3v) is 6.02. The molecule has 0 saturated heterocycles. The Hall–Kier alpha value is -3.25. The van der Waals surface area contributed by atoms with Crippen molar-refractivity contribution >= 4 is 22.7 Å². The van der Waals surface area contributed by atoms with Crippen LogP contribution >= 0.6 is 11.8 Å². The average molecular weight is 417 g/mol. The lowest BCUT2D eigenvalue weighted by Crippen LogP contribution is -2.22. The Morgan fingerprint density at radius 1 is 0.967 bits per heavy atom. The predicted octanol–water partition coefficient (Wildman–Crippen LogP) is 5.02. The number of thioether (sulfide) groups is 1. The maximum absolute atomic E-state index is 13.4. The van der Waals surface area contributed by atoms with Crippen molar-refractivity contribution in [1.29, 1.82) is 0 Å². The third-order valence-electron chi connectivity index (χ3n) is 5.01. The van der Waals surface area contributed by atoms with Gasteiger partial charge in [0.1, 0.15) is 0 Å². The van der Waals surface area contributed by atoms with Crippen LogP contribution in [0.1, 0.15) is 16.7 Å². The highest BCUT2D eigenvalue weighted by atomic mass is 32.2. The molecule has 0 atom stereocenters. The summed E-state index contributed by atoms with van der Waals surface area (Å²) in [6, 6.07) is 19.6. The summed E-state index contributed by atoms with van der Waals surface area (Å²) in [6.45, 7) is 4.33. The second-order valence-corrected chi connectivity index (χ2v) is 8.32. The lowest BCUT2D eigenvalue weighted by Gasteiger charge is -2.14. The van der Waals surface area contributed by atoms with Gasteiger partial charge in [-0.3, -0.25) is 9.36 Å². The fourth-order valence-corrected chi connectivity index (χ4v) is 4.65. The van der Waals surface area contributed by atoms with E-state index in [1.807, 2.05) is 68.4 Å². The van der Waals surface area contributed by atoms with Gasteiger partial charge >= 0.3 is 0 Å². The van der Waals surface area contributed by atoms with E-state index in [0.29, 0.717) is 21.8 Å². The Morgan fingerprint density at radius 2 is 1.73 bits per heavy atom. The van der Waals surface area contributed by atoms with Crippen molar-refractivity contribution < 1.29 is 9.47 Å². The quantitative estimate of drug-likeness (QED) is 0.345. The summed E-state index contributed by atoms with van der Waals surface area (Å²) in [5.74, 6) is 2.18. The molecular formula is C24H20N2O3S. The minimum atomic E-state index is -0.0567. The largest absolute Gasteiger partial charge is 0.454 e. The summed E-state index contributed by atoms with van der Waals surface area (Å²) in [7, 11) is 0. The van der Waals surface area contributed by atoms with E-state index in [2.05, 4.69) is 6.07 Å². The zero-order valence-corrected chi connectivity index (χ0v) is 17.5. The first-order valence-electron chi connectivity index (χ1n) is 9.70. The Bertz CT molecular complexity index is 1310. The first-order valence-corrected chi connectivity index (χ1v) is 10.7.